The molecule has 176 valence electrons. The molecule has 0 unspecified atom stereocenters. The standard InChI is InChI=1S/C30H29N3O2/c34-29(21-25-12-6-2-7-13-25)33(23-27-14-8-3-9-15-27)28(20-24-10-4-1-5-11-24)30(35)32-22-26-16-18-31-19-17-26/h1-19,28H,20-23H2,(H,32,35)/t28-/m1/s1. The van der Waals surface area contributed by atoms with Crippen LogP contribution in [0.3, 0.4) is 0 Å². The Morgan fingerprint density at radius 3 is 1.83 bits per heavy atom. The third-order valence-electron chi connectivity index (χ3n) is 5.88. The van der Waals surface area contributed by atoms with Crippen molar-refractivity contribution in [3.63, 3.8) is 0 Å². The van der Waals surface area contributed by atoms with E-state index in [2.05, 4.69) is 10.3 Å². The Morgan fingerprint density at radius 1 is 0.686 bits per heavy atom. The van der Waals surface area contributed by atoms with Crippen LogP contribution in [-0.4, -0.2) is 27.7 Å². The largest absolute Gasteiger partial charge is 0.350 e. The number of pyridine rings is 1. The fourth-order valence-electron chi connectivity index (χ4n) is 4.01. The van der Waals surface area contributed by atoms with Gasteiger partial charge in [0.25, 0.3) is 0 Å². The van der Waals surface area contributed by atoms with Crippen LogP contribution in [0.4, 0.5) is 0 Å². The van der Waals surface area contributed by atoms with Crippen LogP contribution < -0.4 is 5.32 Å². The first-order valence-electron chi connectivity index (χ1n) is 11.8. The van der Waals surface area contributed by atoms with Crippen molar-refractivity contribution in [1.29, 1.82) is 0 Å². The van der Waals surface area contributed by atoms with E-state index < -0.39 is 6.04 Å². The highest BCUT2D eigenvalue weighted by atomic mass is 16.2. The van der Waals surface area contributed by atoms with Crippen molar-refractivity contribution in [3.8, 4) is 0 Å². The zero-order chi connectivity index (χ0) is 24.3. The molecule has 5 nitrogen and oxygen atoms in total. The molecule has 0 aliphatic rings. The van der Waals surface area contributed by atoms with Crippen molar-refractivity contribution in [3.05, 3.63) is 138 Å². The first-order valence-corrected chi connectivity index (χ1v) is 11.8. The quantitative estimate of drug-likeness (QED) is 0.374. The predicted octanol–water partition coefficient (Wildman–Crippen LogP) is 4.58. The van der Waals surface area contributed by atoms with Gasteiger partial charge in [-0.3, -0.25) is 14.6 Å². The molecule has 1 heterocycles. The second-order valence-corrected chi connectivity index (χ2v) is 8.45. The summed E-state index contributed by atoms with van der Waals surface area (Å²) in [7, 11) is 0. The third kappa shape index (κ3) is 7.11. The van der Waals surface area contributed by atoms with E-state index in [9.17, 15) is 9.59 Å². The number of aromatic nitrogens is 1. The normalized spacial score (nSPS) is 11.4. The van der Waals surface area contributed by atoms with Gasteiger partial charge in [0.1, 0.15) is 6.04 Å². The van der Waals surface area contributed by atoms with E-state index in [0.717, 1.165) is 22.3 Å². The van der Waals surface area contributed by atoms with Gasteiger partial charge in [0, 0.05) is 31.9 Å². The molecule has 1 N–H and O–H groups in total. The van der Waals surface area contributed by atoms with Crippen LogP contribution >= 0.6 is 0 Å². The average molecular weight is 464 g/mol. The van der Waals surface area contributed by atoms with Gasteiger partial charge in [-0.15, -0.1) is 0 Å². The van der Waals surface area contributed by atoms with Gasteiger partial charge in [0.2, 0.25) is 11.8 Å². The highest BCUT2D eigenvalue weighted by molar-refractivity contribution is 5.88. The molecule has 5 heteroatoms. The number of nitrogens with one attached hydrogen (secondary N) is 1. The molecule has 0 saturated heterocycles. The molecule has 35 heavy (non-hydrogen) atoms. The summed E-state index contributed by atoms with van der Waals surface area (Å²) in [6.45, 7) is 0.728. The SMILES string of the molecule is O=C(NCc1ccncc1)[C@@H](Cc1ccccc1)N(Cc1ccccc1)C(=O)Cc1ccccc1. The lowest BCUT2D eigenvalue weighted by Gasteiger charge is -2.31. The summed E-state index contributed by atoms with van der Waals surface area (Å²) in [5.41, 5.74) is 3.86. The van der Waals surface area contributed by atoms with Crippen molar-refractivity contribution in [1.82, 2.24) is 15.2 Å². The van der Waals surface area contributed by atoms with Gasteiger partial charge in [0.15, 0.2) is 0 Å². The minimum Gasteiger partial charge on any atom is -0.350 e. The summed E-state index contributed by atoms with van der Waals surface area (Å²) in [6, 6.07) is 32.4. The number of hydrogen-bond acceptors (Lipinski definition) is 3. The number of nitrogens with zero attached hydrogens (tertiary/aromatic N) is 2. The number of hydrogen-bond donors (Lipinski definition) is 1. The molecule has 4 aromatic rings. The Kier molecular flexibility index (Phi) is 8.38. The highest BCUT2D eigenvalue weighted by Crippen LogP contribution is 2.17. The van der Waals surface area contributed by atoms with Crippen LogP contribution in [0.5, 0.6) is 0 Å². The number of carbonyl (C=O) groups excluding carboxylic acids is 2. The van der Waals surface area contributed by atoms with Crippen LogP contribution in [0.25, 0.3) is 0 Å². The Balaban J connectivity index is 1.62. The van der Waals surface area contributed by atoms with Crippen molar-refractivity contribution in [2.45, 2.75) is 32.0 Å². The van der Waals surface area contributed by atoms with E-state index in [1.165, 1.54) is 0 Å². The molecule has 3 aromatic carbocycles. The summed E-state index contributed by atoms with van der Waals surface area (Å²) in [6.07, 6.45) is 4.06. The van der Waals surface area contributed by atoms with Crippen LogP contribution in [0.15, 0.2) is 116 Å². The molecule has 0 radical (unpaired) electrons. The molecule has 4 rings (SSSR count). The fraction of sp³-hybridized carbons (Fsp3) is 0.167. The molecule has 0 bridgehead atoms. The van der Waals surface area contributed by atoms with Crippen molar-refractivity contribution in [2.75, 3.05) is 0 Å². The summed E-state index contributed by atoms with van der Waals surface area (Å²) in [4.78, 5) is 33.0. The van der Waals surface area contributed by atoms with E-state index in [1.807, 2.05) is 103 Å². The summed E-state index contributed by atoms with van der Waals surface area (Å²) in [5.74, 6) is -0.261. The lowest BCUT2D eigenvalue weighted by Crippen LogP contribution is -2.50. The van der Waals surface area contributed by atoms with Gasteiger partial charge in [0.05, 0.1) is 6.42 Å². The molecule has 0 saturated carbocycles. The van der Waals surface area contributed by atoms with E-state index in [1.54, 1.807) is 17.3 Å². The molecule has 1 aromatic heterocycles. The zero-order valence-corrected chi connectivity index (χ0v) is 19.6. The second kappa shape index (κ2) is 12.3. The topological polar surface area (TPSA) is 62.3 Å². The van der Waals surface area contributed by atoms with E-state index in [-0.39, 0.29) is 18.2 Å². The maximum atomic E-state index is 13.7. The molecular weight excluding hydrogens is 434 g/mol. The number of carbonyl (C=O) groups is 2. The van der Waals surface area contributed by atoms with Crippen LogP contribution in [0.1, 0.15) is 22.3 Å². The van der Waals surface area contributed by atoms with Gasteiger partial charge >= 0.3 is 0 Å². The molecule has 1 atom stereocenters. The first-order chi connectivity index (χ1) is 17.2. The number of amides is 2. The van der Waals surface area contributed by atoms with Crippen LogP contribution in [0.2, 0.25) is 0 Å². The maximum Gasteiger partial charge on any atom is 0.243 e. The predicted molar refractivity (Wildman–Crippen MR) is 137 cm³/mol. The maximum absolute atomic E-state index is 13.7. The molecule has 0 spiro atoms. The molecular formula is C30H29N3O2. The Morgan fingerprint density at radius 2 is 1.23 bits per heavy atom. The van der Waals surface area contributed by atoms with Crippen LogP contribution in [-0.2, 0) is 35.5 Å². The van der Waals surface area contributed by atoms with Crippen molar-refractivity contribution >= 4 is 11.8 Å². The Labute approximate surface area is 206 Å². The lowest BCUT2D eigenvalue weighted by atomic mass is 10.0. The average Bonchev–Trinajstić information content (AvgIpc) is 2.91. The highest BCUT2D eigenvalue weighted by Gasteiger charge is 2.30. The third-order valence-corrected chi connectivity index (χ3v) is 5.88. The monoisotopic (exact) mass is 463 g/mol. The molecule has 0 fully saturated rings. The molecule has 0 aliphatic heterocycles. The van der Waals surface area contributed by atoms with Gasteiger partial charge in [-0.05, 0) is 34.4 Å². The smallest absolute Gasteiger partial charge is 0.243 e. The number of rotatable bonds is 10. The molecule has 0 aliphatic carbocycles. The molecule has 2 amide bonds. The van der Waals surface area contributed by atoms with Crippen LogP contribution in [0, 0.1) is 0 Å². The zero-order valence-electron chi connectivity index (χ0n) is 19.6. The summed E-state index contributed by atoms with van der Waals surface area (Å²) < 4.78 is 0. The Bertz CT molecular complexity index is 1200. The Hall–Kier alpha value is -4.25. The summed E-state index contributed by atoms with van der Waals surface area (Å²) in [5, 5.41) is 3.04. The number of benzene rings is 3. The van der Waals surface area contributed by atoms with Gasteiger partial charge in [-0.25, -0.2) is 0 Å². The summed E-state index contributed by atoms with van der Waals surface area (Å²) >= 11 is 0. The van der Waals surface area contributed by atoms with E-state index in [4.69, 9.17) is 0 Å². The second-order valence-electron chi connectivity index (χ2n) is 8.45. The lowest BCUT2D eigenvalue weighted by molar-refractivity contribution is -0.140. The van der Waals surface area contributed by atoms with Gasteiger partial charge in [-0.2, -0.15) is 0 Å². The van der Waals surface area contributed by atoms with Crippen molar-refractivity contribution in [2.24, 2.45) is 0 Å². The first kappa shape index (κ1) is 23.9. The minimum atomic E-state index is -0.657. The van der Waals surface area contributed by atoms with Gasteiger partial charge < -0.3 is 10.2 Å². The fourth-order valence-corrected chi connectivity index (χ4v) is 4.01. The van der Waals surface area contributed by atoms with E-state index >= 15 is 0 Å². The van der Waals surface area contributed by atoms with Crippen molar-refractivity contribution < 1.29 is 9.59 Å². The van der Waals surface area contributed by atoms with E-state index in [0.29, 0.717) is 19.5 Å². The van der Waals surface area contributed by atoms with Gasteiger partial charge in [-0.1, -0.05) is 91.0 Å². The minimum absolute atomic E-state index is 0.0833.